The van der Waals surface area contributed by atoms with Crippen molar-refractivity contribution in [2.24, 2.45) is 0 Å². The van der Waals surface area contributed by atoms with Crippen molar-refractivity contribution in [2.45, 2.75) is 43.8 Å². The molecule has 1 spiro atoms. The summed E-state index contributed by atoms with van der Waals surface area (Å²) in [5.41, 5.74) is 0.997. The Bertz CT molecular complexity index is 577. The Morgan fingerprint density at radius 3 is 2.45 bits per heavy atom. The second kappa shape index (κ2) is 6.13. The standard InChI is InChI=1S/C16H20Br2N2O2/c1-20-15(21)13(19-16(20)5-3-4-6-16)9-10-7-11(17)14(22-2)12(18)8-10/h7-8,13,19H,3-6,9H2,1-2H3/t13-/m0/s1. The summed E-state index contributed by atoms with van der Waals surface area (Å²) in [5.74, 6) is 0.976. The average molecular weight is 432 g/mol. The van der Waals surface area contributed by atoms with Crippen LogP contribution in [-0.4, -0.2) is 36.7 Å². The molecule has 1 aliphatic carbocycles. The lowest BCUT2D eigenvalue weighted by molar-refractivity contribution is -0.130. The van der Waals surface area contributed by atoms with Gasteiger partial charge in [-0.25, -0.2) is 0 Å². The van der Waals surface area contributed by atoms with Crippen LogP contribution in [0.15, 0.2) is 21.1 Å². The Hall–Kier alpha value is -0.590. The third-order valence-electron chi connectivity index (χ3n) is 4.85. The van der Waals surface area contributed by atoms with E-state index in [9.17, 15) is 4.79 Å². The molecule has 2 aliphatic rings. The predicted molar refractivity (Wildman–Crippen MR) is 93.0 cm³/mol. The van der Waals surface area contributed by atoms with Gasteiger partial charge in [-0.3, -0.25) is 10.1 Å². The molecule has 1 saturated carbocycles. The second-order valence-electron chi connectivity index (χ2n) is 6.13. The van der Waals surface area contributed by atoms with Crippen LogP contribution in [0.4, 0.5) is 0 Å². The van der Waals surface area contributed by atoms with Crippen molar-refractivity contribution >= 4 is 37.8 Å². The van der Waals surface area contributed by atoms with E-state index >= 15 is 0 Å². The molecular formula is C16H20Br2N2O2. The van der Waals surface area contributed by atoms with Gasteiger partial charge in [0.1, 0.15) is 5.75 Å². The molecule has 1 heterocycles. The van der Waals surface area contributed by atoms with E-state index in [-0.39, 0.29) is 17.6 Å². The molecule has 1 amide bonds. The zero-order valence-corrected chi connectivity index (χ0v) is 16.0. The summed E-state index contributed by atoms with van der Waals surface area (Å²) >= 11 is 7.05. The molecule has 22 heavy (non-hydrogen) atoms. The number of methoxy groups -OCH3 is 1. The number of hydrogen-bond acceptors (Lipinski definition) is 3. The number of rotatable bonds is 3. The van der Waals surface area contributed by atoms with Gasteiger partial charge in [-0.15, -0.1) is 0 Å². The van der Waals surface area contributed by atoms with Gasteiger partial charge < -0.3 is 9.64 Å². The van der Waals surface area contributed by atoms with Gasteiger partial charge in [-0.05, 0) is 81.7 Å². The lowest BCUT2D eigenvalue weighted by Gasteiger charge is -2.31. The second-order valence-corrected chi connectivity index (χ2v) is 7.84. The monoisotopic (exact) mass is 430 g/mol. The average Bonchev–Trinajstić information content (AvgIpc) is 3.02. The topological polar surface area (TPSA) is 41.6 Å². The smallest absolute Gasteiger partial charge is 0.241 e. The molecule has 0 radical (unpaired) electrons. The third kappa shape index (κ3) is 2.69. The molecular weight excluding hydrogens is 412 g/mol. The molecule has 1 aromatic carbocycles. The van der Waals surface area contributed by atoms with E-state index in [0.29, 0.717) is 6.42 Å². The number of hydrogen-bond donors (Lipinski definition) is 1. The van der Waals surface area contributed by atoms with Gasteiger partial charge >= 0.3 is 0 Å². The summed E-state index contributed by atoms with van der Waals surface area (Å²) in [4.78, 5) is 14.5. The van der Waals surface area contributed by atoms with Crippen LogP contribution < -0.4 is 10.1 Å². The molecule has 1 N–H and O–H groups in total. The van der Waals surface area contributed by atoms with Gasteiger partial charge in [0.05, 0.1) is 27.8 Å². The van der Waals surface area contributed by atoms with Gasteiger partial charge in [-0.2, -0.15) is 0 Å². The minimum absolute atomic E-state index is 0.108. The molecule has 0 aromatic heterocycles. The van der Waals surface area contributed by atoms with E-state index in [2.05, 4.69) is 37.2 Å². The lowest BCUT2D eigenvalue weighted by Crippen LogP contribution is -2.48. The largest absolute Gasteiger partial charge is 0.494 e. The van der Waals surface area contributed by atoms with Crippen molar-refractivity contribution < 1.29 is 9.53 Å². The van der Waals surface area contributed by atoms with Gasteiger partial charge in [0.2, 0.25) is 5.91 Å². The number of ether oxygens (including phenoxy) is 1. The number of nitrogens with one attached hydrogen (secondary N) is 1. The van der Waals surface area contributed by atoms with E-state index in [0.717, 1.165) is 33.1 Å². The minimum Gasteiger partial charge on any atom is -0.494 e. The number of carbonyl (C=O) groups is 1. The van der Waals surface area contributed by atoms with Crippen molar-refractivity contribution in [1.82, 2.24) is 10.2 Å². The fourth-order valence-corrected chi connectivity index (χ4v) is 5.27. The highest BCUT2D eigenvalue weighted by molar-refractivity contribution is 9.11. The maximum absolute atomic E-state index is 12.6. The van der Waals surface area contributed by atoms with Crippen molar-refractivity contribution in [3.63, 3.8) is 0 Å². The highest BCUT2D eigenvalue weighted by Crippen LogP contribution is 2.38. The molecule has 3 rings (SSSR count). The normalized spacial score (nSPS) is 23.5. The molecule has 4 nitrogen and oxygen atoms in total. The Balaban J connectivity index is 1.80. The highest BCUT2D eigenvalue weighted by Gasteiger charge is 2.49. The SMILES string of the molecule is COc1c(Br)cc(C[C@@H]2NC3(CCCC3)N(C)C2=O)cc1Br. The molecule has 0 bridgehead atoms. The number of likely N-dealkylation sites (N-methyl/N-ethyl adjacent to an activating group) is 1. The first-order valence-electron chi connectivity index (χ1n) is 7.54. The molecule has 120 valence electrons. The van der Waals surface area contributed by atoms with Crippen LogP contribution in [0.2, 0.25) is 0 Å². The van der Waals surface area contributed by atoms with Crippen LogP contribution in [0.25, 0.3) is 0 Å². The van der Waals surface area contributed by atoms with Crippen LogP contribution >= 0.6 is 31.9 Å². The first-order valence-corrected chi connectivity index (χ1v) is 9.13. The Morgan fingerprint density at radius 2 is 1.91 bits per heavy atom. The summed E-state index contributed by atoms with van der Waals surface area (Å²) in [7, 11) is 3.58. The van der Waals surface area contributed by atoms with Crippen molar-refractivity contribution in [3.05, 3.63) is 26.6 Å². The molecule has 1 aromatic rings. The van der Waals surface area contributed by atoms with E-state index in [4.69, 9.17) is 4.74 Å². The van der Waals surface area contributed by atoms with Crippen molar-refractivity contribution in [3.8, 4) is 5.75 Å². The summed E-state index contributed by atoms with van der Waals surface area (Å²) < 4.78 is 7.12. The number of halogens is 2. The molecule has 6 heteroatoms. The molecule has 1 atom stereocenters. The Labute approximate surface area is 147 Å². The predicted octanol–water partition coefficient (Wildman–Crippen LogP) is 3.46. The van der Waals surface area contributed by atoms with Crippen LogP contribution in [0.3, 0.4) is 0 Å². The third-order valence-corrected chi connectivity index (χ3v) is 6.02. The lowest BCUT2D eigenvalue weighted by atomic mass is 10.1. The maximum Gasteiger partial charge on any atom is 0.241 e. The summed E-state index contributed by atoms with van der Waals surface area (Å²) in [6, 6.07) is 3.91. The fourth-order valence-electron chi connectivity index (χ4n) is 3.67. The highest BCUT2D eigenvalue weighted by atomic mass is 79.9. The van der Waals surface area contributed by atoms with Gasteiger partial charge in [-0.1, -0.05) is 0 Å². The molecule has 2 fully saturated rings. The van der Waals surface area contributed by atoms with Crippen LogP contribution in [0.5, 0.6) is 5.75 Å². The van der Waals surface area contributed by atoms with Gasteiger partial charge in [0.25, 0.3) is 0 Å². The Kier molecular flexibility index (Phi) is 4.54. The van der Waals surface area contributed by atoms with Crippen molar-refractivity contribution in [2.75, 3.05) is 14.2 Å². The molecule has 1 aliphatic heterocycles. The van der Waals surface area contributed by atoms with Crippen molar-refractivity contribution in [1.29, 1.82) is 0 Å². The quantitative estimate of drug-likeness (QED) is 0.796. The van der Waals surface area contributed by atoms with E-state index in [1.165, 1.54) is 12.8 Å². The number of carbonyl (C=O) groups excluding carboxylic acids is 1. The summed E-state index contributed by atoms with van der Waals surface area (Å²) in [6.45, 7) is 0. The van der Waals surface area contributed by atoms with Gasteiger partial charge in [0.15, 0.2) is 0 Å². The van der Waals surface area contributed by atoms with Gasteiger partial charge in [0, 0.05) is 7.05 Å². The fraction of sp³-hybridized carbons (Fsp3) is 0.562. The summed E-state index contributed by atoms with van der Waals surface area (Å²) in [5, 5.41) is 3.60. The van der Waals surface area contributed by atoms with Crippen LogP contribution in [-0.2, 0) is 11.2 Å². The Morgan fingerprint density at radius 1 is 1.32 bits per heavy atom. The van der Waals surface area contributed by atoms with E-state index in [1.54, 1.807) is 7.11 Å². The molecule has 0 unspecified atom stereocenters. The molecule has 1 saturated heterocycles. The van der Waals surface area contributed by atoms with E-state index in [1.807, 2.05) is 24.1 Å². The first-order chi connectivity index (χ1) is 10.5. The zero-order chi connectivity index (χ0) is 15.9. The number of amides is 1. The summed E-state index contributed by atoms with van der Waals surface area (Å²) in [6.07, 6.45) is 5.18. The zero-order valence-electron chi connectivity index (χ0n) is 12.8. The van der Waals surface area contributed by atoms with Crippen LogP contribution in [0, 0.1) is 0 Å². The maximum atomic E-state index is 12.6. The number of nitrogens with zero attached hydrogens (tertiary/aromatic N) is 1. The minimum atomic E-state index is -0.143. The first kappa shape index (κ1) is 16.3. The number of benzene rings is 1. The van der Waals surface area contributed by atoms with E-state index < -0.39 is 0 Å². The van der Waals surface area contributed by atoms with Crippen LogP contribution in [0.1, 0.15) is 31.2 Å².